The van der Waals surface area contributed by atoms with E-state index in [0.717, 1.165) is 12.1 Å². The number of carbonyl (C=O) groups is 1. The van der Waals surface area contributed by atoms with Gasteiger partial charge in [-0.15, -0.1) is 0 Å². The minimum absolute atomic E-state index is 0.241. The molecule has 0 unspecified atom stereocenters. The number of rotatable bonds is 9. The number of carbonyl (C=O) groups excluding carboxylic acids is 1. The van der Waals surface area contributed by atoms with Crippen LogP contribution in [0.1, 0.15) is 34.1 Å². The second kappa shape index (κ2) is 9.26. The van der Waals surface area contributed by atoms with Crippen LogP contribution in [0.25, 0.3) is 0 Å². The van der Waals surface area contributed by atoms with E-state index in [1.807, 2.05) is 13.8 Å². The smallest absolute Gasteiger partial charge is 0.244 e. The first-order valence-corrected chi connectivity index (χ1v) is 9.74. The van der Waals surface area contributed by atoms with Crippen LogP contribution in [-0.4, -0.2) is 38.1 Å². The number of amides is 1. The Hall–Kier alpha value is -1.51. The maximum absolute atomic E-state index is 13.8. The molecule has 1 rings (SSSR count). The Morgan fingerprint density at radius 1 is 1.20 bits per heavy atom. The van der Waals surface area contributed by atoms with Gasteiger partial charge in [0.15, 0.2) is 0 Å². The van der Waals surface area contributed by atoms with Crippen LogP contribution in [0.15, 0.2) is 29.2 Å². The average molecular weight is 374 g/mol. The molecule has 0 fully saturated rings. The summed E-state index contributed by atoms with van der Waals surface area (Å²) in [4.78, 5) is 12.0. The molecular formula is C17H27FN2O4S. The van der Waals surface area contributed by atoms with Crippen LogP contribution in [0.5, 0.6) is 0 Å². The van der Waals surface area contributed by atoms with Crippen molar-refractivity contribution in [1.29, 1.82) is 0 Å². The molecular weight excluding hydrogens is 347 g/mol. The molecule has 0 saturated carbocycles. The van der Waals surface area contributed by atoms with Crippen molar-refractivity contribution in [3.63, 3.8) is 0 Å². The van der Waals surface area contributed by atoms with Crippen LogP contribution < -0.4 is 10.0 Å². The van der Waals surface area contributed by atoms with Gasteiger partial charge in [-0.2, -0.15) is 4.72 Å². The van der Waals surface area contributed by atoms with E-state index in [2.05, 4.69) is 10.0 Å². The molecule has 3 N–H and O–H groups in total. The fraction of sp³-hybridized carbons (Fsp3) is 0.588. The van der Waals surface area contributed by atoms with Gasteiger partial charge >= 0.3 is 0 Å². The van der Waals surface area contributed by atoms with E-state index in [1.165, 1.54) is 12.1 Å². The molecule has 0 aromatic heterocycles. The quantitative estimate of drug-likeness (QED) is 0.612. The minimum Gasteiger partial charge on any atom is -0.394 e. The van der Waals surface area contributed by atoms with Gasteiger partial charge < -0.3 is 10.4 Å². The summed E-state index contributed by atoms with van der Waals surface area (Å²) in [6.07, 6.45) is 0.563. The second-order valence-electron chi connectivity index (χ2n) is 6.79. The third kappa shape index (κ3) is 6.37. The molecule has 0 saturated heterocycles. The summed E-state index contributed by atoms with van der Waals surface area (Å²) in [5, 5.41) is 12.0. The Labute approximate surface area is 148 Å². The number of aliphatic hydroxyl groups is 1. The zero-order valence-electron chi connectivity index (χ0n) is 15.0. The van der Waals surface area contributed by atoms with Crippen molar-refractivity contribution in [2.24, 2.45) is 11.8 Å². The third-order valence-electron chi connectivity index (χ3n) is 3.68. The molecule has 1 amide bonds. The van der Waals surface area contributed by atoms with Crippen molar-refractivity contribution in [1.82, 2.24) is 10.0 Å². The number of nitrogens with one attached hydrogen (secondary N) is 2. The van der Waals surface area contributed by atoms with E-state index in [-0.39, 0.29) is 18.4 Å². The number of benzene rings is 1. The highest BCUT2D eigenvalue weighted by molar-refractivity contribution is 7.89. The van der Waals surface area contributed by atoms with Gasteiger partial charge in [0.2, 0.25) is 15.9 Å². The summed E-state index contributed by atoms with van der Waals surface area (Å²) < 4.78 is 40.9. The van der Waals surface area contributed by atoms with E-state index < -0.39 is 38.7 Å². The molecule has 0 aliphatic carbocycles. The van der Waals surface area contributed by atoms with Gasteiger partial charge in [0.1, 0.15) is 16.8 Å². The van der Waals surface area contributed by atoms with Gasteiger partial charge in [0, 0.05) is 0 Å². The van der Waals surface area contributed by atoms with Crippen LogP contribution in [-0.2, 0) is 14.8 Å². The standard InChI is InChI=1S/C17H27FN2O4S/c1-11(2)9-13(10-21)19-17(22)16(12(3)4)20-25(23,24)15-8-6-5-7-14(15)18/h5-8,11-13,16,20-21H,9-10H2,1-4H3,(H,19,22)/t13-,16-/m0/s1. The fourth-order valence-corrected chi connectivity index (χ4v) is 3.85. The molecule has 1 aromatic carbocycles. The van der Waals surface area contributed by atoms with Crippen molar-refractivity contribution in [3.05, 3.63) is 30.1 Å². The highest BCUT2D eigenvalue weighted by atomic mass is 32.2. The molecule has 25 heavy (non-hydrogen) atoms. The Kier molecular flexibility index (Phi) is 7.98. The number of hydrogen-bond donors (Lipinski definition) is 3. The van der Waals surface area contributed by atoms with E-state index in [0.29, 0.717) is 6.42 Å². The SMILES string of the molecule is CC(C)C[C@@H](CO)NC(=O)[C@@H](NS(=O)(=O)c1ccccc1F)C(C)C. The maximum Gasteiger partial charge on any atom is 0.244 e. The summed E-state index contributed by atoms with van der Waals surface area (Å²) >= 11 is 0. The Morgan fingerprint density at radius 3 is 2.28 bits per heavy atom. The molecule has 8 heteroatoms. The van der Waals surface area contributed by atoms with E-state index in [9.17, 15) is 22.7 Å². The summed E-state index contributed by atoms with van der Waals surface area (Å²) in [5.41, 5.74) is 0. The average Bonchev–Trinajstić information content (AvgIpc) is 2.51. The van der Waals surface area contributed by atoms with Crippen molar-refractivity contribution < 1.29 is 22.7 Å². The van der Waals surface area contributed by atoms with E-state index in [4.69, 9.17) is 0 Å². The van der Waals surface area contributed by atoms with Gasteiger partial charge in [0.25, 0.3) is 0 Å². The molecule has 6 nitrogen and oxygen atoms in total. The number of sulfonamides is 1. The van der Waals surface area contributed by atoms with Crippen LogP contribution in [0.3, 0.4) is 0 Å². The van der Waals surface area contributed by atoms with Gasteiger partial charge in [-0.05, 0) is 30.4 Å². The van der Waals surface area contributed by atoms with Crippen LogP contribution in [0.2, 0.25) is 0 Å². The molecule has 142 valence electrons. The van der Waals surface area contributed by atoms with Crippen molar-refractivity contribution in [2.45, 2.75) is 51.1 Å². The molecule has 0 heterocycles. The van der Waals surface area contributed by atoms with Crippen LogP contribution in [0.4, 0.5) is 4.39 Å². The first-order chi connectivity index (χ1) is 11.6. The molecule has 0 spiro atoms. The highest BCUT2D eigenvalue weighted by Crippen LogP contribution is 2.16. The summed E-state index contributed by atoms with van der Waals surface area (Å²) in [6, 6.07) is 3.44. The molecule has 2 atom stereocenters. The van der Waals surface area contributed by atoms with Crippen LogP contribution in [0, 0.1) is 17.7 Å². The van der Waals surface area contributed by atoms with Crippen molar-refractivity contribution in [2.75, 3.05) is 6.61 Å². The van der Waals surface area contributed by atoms with E-state index >= 15 is 0 Å². The van der Waals surface area contributed by atoms with Gasteiger partial charge in [-0.25, -0.2) is 12.8 Å². The van der Waals surface area contributed by atoms with Gasteiger partial charge in [-0.3, -0.25) is 4.79 Å². The minimum atomic E-state index is -4.19. The van der Waals surface area contributed by atoms with Gasteiger partial charge in [0.05, 0.1) is 12.6 Å². The molecule has 1 aromatic rings. The highest BCUT2D eigenvalue weighted by Gasteiger charge is 2.30. The number of halogens is 1. The first kappa shape index (κ1) is 21.5. The Morgan fingerprint density at radius 2 is 1.80 bits per heavy atom. The third-order valence-corrected chi connectivity index (χ3v) is 5.15. The predicted octanol–water partition coefficient (Wildman–Crippen LogP) is 1.65. The molecule has 0 aliphatic rings. The number of hydrogen-bond acceptors (Lipinski definition) is 4. The van der Waals surface area contributed by atoms with Crippen molar-refractivity contribution in [3.8, 4) is 0 Å². The predicted molar refractivity (Wildman–Crippen MR) is 93.8 cm³/mol. The lowest BCUT2D eigenvalue weighted by molar-refractivity contribution is -0.124. The zero-order chi connectivity index (χ0) is 19.2. The monoisotopic (exact) mass is 374 g/mol. The lowest BCUT2D eigenvalue weighted by Gasteiger charge is -2.25. The van der Waals surface area contributed by atoms with Gasteiger partial charge in [-0.1, -0.05) is 39.8 Å². The first-order valence-electron chi connectivity index (χ1n) is 8.26. The fourth-order valence-electron chi connectivity index (χ4n) is 2.42. The lowest BCUT2D eigenvalue weighted by atomic mass is 10.0. The summed E-state index contributed by atoms with van der Waals surface area (Å²) in [7, 11) is -4.19. The largest absolute Gasteiger partial charge is 0.394 e. The topological polar surface area (TPSA) is 95.5 Å². The second-order valence-corrected chi connectivity index (χ2v) is 8.47. The maximum atomic E-state index is 13.8. The number of aliphatic hydroxyl groups excluding tert-OH is 1. The molecule has 0 radical (unpaired) electrons. The van der Waals surface area contributed by atoms with Crippen LogP contribution >= 0.6 is 0 Å². The Bertz CT molecular complexity index is 677. The lowest BCUT2D eigenvalue weighted by Crippen LogP contribution is -2.53. The normalized spacial score (nSPS) is 14.6. The zero-order valence-corrected chi connectivity index (χ0v) is 15.8. The van der Waals surface area contributed by atoms with Crippen molar-refractivity contribution >= 4 is 15.9 Å². The van der Waals surface area contributed by atoms with E-state index in [1.54, 1.807) is 13.8 Å². The summed E-state index contributed by atoms with van der Waals surface area (Å²) in [6.45, 7) is 7.04. The molecule has 0 aliphatic heterocycles. The summed E-state index contributed by atoms with van der Waals surface area (Å²) in [5.74, 6) is -1.54. The Balaban J connectivity index is 2.97. The molecule has 0 bridgehead atoms.